The minimum atomic E-state index is -0.325. The molecule has 5 nitrogen and oxygen atoms in total. The summed E-state index contributed by atoms with van der Waals surface area (Å²) in [5, 5.41) is 23.4. The van der Waals surface area contributed by atoms with Crippen molar-refractivity contribution < 1.29 is 19.5 Å². The summed E-state index contributed by atoms with van der Waals surface area (Å²) in [6.45, 7) is 0. The molecule has 0 bridgehead atoms. The maximum absolute atomic E-state index is 12.7. The second-order valence-electron chi connectivity index (χ2n) is 6.01. The van der Waals surface area contributed by atoms with Crippen molar-refractivity contribution in [1.82, 2.24) is 0 Å². The van der Waals surface area contributed by atoms with Gasteiger partial charge < -0.3 is 5.21 Å². The van der Waals surface area contributed by atoms with Gasteiger partial charge in [-0.15, -0.1) is 0 Å². The van der Waals surface area contributed by atoms with Gasteiger partial charge in [0.1, 0.15) is 0 Å². The predicted octanol–water partition coefficient (Wildman–Crippen LogP) is 1.74. The second kappa shape index (κ2) is 4.41. The molecule has 1 aliphatic heterocycles. The Hall–Kier alpha value is -2.17. The molecule has 5 heteroatoms. The van der Waals surface area contributed by atoms with Gasteiger partial charge in [0, 0.05) is 18.4 Å². The van der Waals surface area contributed by atoms with Crippen LogP contribution in [-0.2, 0) is 0 Å². The third-order valence-electron chi connectivity index (χ3n) is 4.87. The molecule has 1 aromatic carbocycles. The maximum atomic E-state index is 12.7. The van der Waals surface area contributed by atoms with E-state index in [0.717, 1.165) is 36.8 Å². The highest BCUT2D eigenvalue weighted by atomic mass is 16.5. The van der Waals surface area contributed by atoms with Gasteiger partial charge >= 0.3 is 11.4 Å². The third kappa shape index (κ3) is 1.60. The van der Waals surface area contributed by atoms with Crippen LogP contribution >= 0.6 is 0 Å². The lowest BCUT2D eigenvalue weighted by Crippen LogP contribution is -2.52. The molecule has 0 amide bonds. The van der Waals surface area contributed by atoms with Crippen molar-refractivity contribution in [3.63, 3.8) is 0 Å². The molecule has 0 spiro atoms. The van der Waals surface area contributed by atoms with Gasteiger partial charge in [-0.05, 0) is 29.7 Å². The van der Waals surface area contributed by atoms with E-state index in [1.165, 1.54) is 4.74 Å². The van der Waals surface area contributed by atoms with Crippen LogP contribution in [0.3, 0.4) is 0 Å². The van der Waals surface area contributed by atoms with Crippen LogP contribution < -0.4 is 0 Å². The predicted molar refractivity (Wildman–Crippen MR) is 76.2 cm³/mol. The Morgan fingerprint density at radius 1 is 1.00 bits per heavy atom. The van der Waals surface area contributed by atoms with Gasteiger partial charge in [0.25, 0.3) is 11.8 Å². The summed E-state index contributed by atoms with van der Waals surface area (Å²) in [5.74, 6) is -0.266. The van der Waals surface area contributed by atoms with Gasteiger partial charge in [-0.3, -0.25) is 10.0 Å². The quantitative estimate of drug-likeness (QED) is 0.448. The topological polar surface area (TPSA) is 66.4 Å². The van der Waals surface area contributed by atoms with E-state index in [9.17, 15) is 15.2 Å². The molecule has 0 saturated heterocycles. The largest absolute Gasteiger partial charge is 0.623 e. The zero-order chi connectivity index (χ0) is 14.6. The summed E-state index contributed by atoms with van der Waals surface area (Å²) in [4.78, 5) is 12.5. The number of carbonyl (C=O) groups excluding carboxylic acids is 1. The molecule has 1 N–H and O–H groups in total. The Morgan fingerprint density at radius 2 is 1.67 bits per heavy atom. The number of hydrogen-bond acceptors (Lipinski definition) is 3. The zero-order valence-electron chi connectivity index (χ0n) is 11.7. The van der Waals surface area contributed by atoms with E-state index in [2.05, 4.69) is 0 Å². The smallest absolute Gasteiger partial charge is 0.336 e. The third-order valence-corrected chi connectivity index (χ3v) is 4.87. The van der Waals surface area contributed by atoms with E-state index in [1.807, 2.05) is 6.07 Å². The van der Waals surface area contributed by atoms with E-state index in [0.29, 0.717) is 16.8 Å². The number of Topliss-reactive ketones (excluding diaryl/α,β-unsaturated/α-hetero) is 1. The van der Waals surface area contributed by atoms with Crippen LogP contribution in [0.15, 0.2) is 24.3 Å². The number of hydrogen-bond donors (Lipinski definition) is 1. The summed E-state index contributed by atoms with van der Waals surface area (Å²) < 4.78 is 2.07. The first-order chi connectivity index (χ1) is 10.2. The molecule has 0 radical (unpaired) electrons. The molecular weight excluding hydrogens is 268 g/mol. The van der Waals surface area contributed by atoms with E-state index < -0.39 is 0 Å². The molecule has 2 aliphatic carbocycles. The number of rotatable bonds is 0. The van der Waals surface area contributed by atoms with Crippen molar-refractivity contribution in [3.8, 4) is 0 Å². The number of hydroxylamine groups is 2. The first-order valence-electron chi connectivity index (χ1n) is 7.53. The Bertz CT molecular complexity index is 705. The summed E-state index contributed by atoms with van der Waals surface area (Å²) in [6.07, 6.45) is 4.56. The number of benzene rings is 1. The Labute approximate surface area is 122 Å². The van der Waals surface area contributed by atoms with Crippen LogP contribution in [0.1, 0.15) is 48.0 Å². The summed E-state index contributed by atoms with van der Waals surface area (Å²) in [7, 11) is 0. The summed E-state index contributed by atoms with van der Waals surface area (Å²) >= 11 is 0. The van der Waals surface area contributed by atoms with E-state index in [4.69, 9.17) is 0 Å². The first-order valence-corrected chi connectivity index (χ1v) is 7.53. The standard InChI is InChI=1S/C16H17N2O3/c19-16-11-7-5-4-6-10(11)14-15(16)18(21)13-9-3-1-2-8-12(13)17(14)20/h4-7,12-13,20H,1-3,8-9H2/q+1/t12-,13+/m0/s1. The van der Waals surface area contributed by atoms with Crippen LogP contribution in [0.25, 0.3) is 0 Å². The summed E-state index contributed by atoms with van der Waals surface area (Å²) in [6, 6.07) is 6.57. The highest BCUT2D eigenvalue weighted by molar-refractivity contribution is 6.75. The molecule has 0 aromatic heterocycles. The highest BCUT2D eigenvalue weighted by Gasteiger charge is 2.56. The molecular formula is C16H17N2O3+. The first kappa shape index (κ1) is 12.6. The Morgan fingerprint density at radius 3 is 2.43 bits per heavy atom. The average molecular weight is 285 g/mol. The SMILES string of the molecule is O=C1C2=[N+]([O-])[C@@H]3CCCCC[C@@H]3[N+](O)=C2c2ccccc21. The lowest BCUT2D eigenvalue weighted by Gasteiger charge is -2.23. The highest BCUT2D eigenvalue weighted by Crippen LogP contribution is 2.30. The molecule has 1 saturated carbocycles. The maximum Gasteiger partial charge on any atom is 0.336 e. The molecule has 21 heavy (non-hydrogen) atoms. The molecule has 3 aliphatic rings. The van der Waals surface area contributed by atoms with E-state index in [1.54, 1.807) is 18.2 Å². The monoisotopic (exact) mass is 285 g/mol. The van der Waals surface area contributed by atoms with E-state index in [-0.39, 0.29) is 23.6 Å². The molecule has 1 heterocycles. The zero-order valence-corrected chi connectivity index (χ0v) is 11.7. The normalized spacial score (nSPS) is 28.1. The summed E-state index contributed by atoms with van der Waals surface area (Å²) in [5.41, 5.74) is 1.69. The van der Waals surface area contributed by atoms with Gasteiger partial charge in [0.05, 0.1) is 5.56 Å². The van der Waals surface area contributed by atoms with Crippen LogP contribution in [0.2, 0.25) is 0 Å². The van der Waals surface area contributed by atoms with Gasteiger partial charge in [-0.2, -0.15) is 4.74 Å². The van der Waals surface area contributed by atoms with Gasteiger partial charge in [-0.25, -0.2) is 0 Å². The van der Waals surface area contributed by atoms with Crippen LogP contribution in [0, 0.1) is 5.21 Å². The van der Waals surface area contributed by atoms with Crippen molar-refractivity contribution in [2.45, 2.75) is 44.2 Å². The molecule has 0 unspecified atom stereocenters. The van der Waals surface area contributed by atoms with Crippen LogP contribution in [0.4, 0.5) is 0 Å². The number of ketones is 1. The fourth-order valence-corrected chi connectivity index (χ4v) is 3.85. The number of nitrogens with zero attached hydrogens (tertiary/aromatic N) is 2. The molecule has 2 atom stereocenters. The van der Waals surface area contributed by atoms with Crippen molar-refractivity contribution in [2.24, 2.45) is 0 Å². The lowest BCUT2D eigenvalue weighted by atomic mass is 9.99. The Kier molecular flexibility index (Phi) is 2.64. The van der Waals surface area contributed by atoms with Crippen molar-refractivity contribution >= 4 is 17.2 Å². The minimum Gasteiger partial charge on any atom is -0.623 e. The molecule has 4 rings (SSSR count). The van der Waals surface area contributed by atoms with E-state index >= 15 is 0 Å². The van der Waals surface area contributed by atoms with Crippen molar-refractivity contribution in [1.29, 1.82) is 0 Å². The number of fused-ring (bicyclic) bond motifs is 4. The molecule has 1 aromatic rings. The lowest BCUT2D eigenvalue weighted by molar-refractivity contribution is -0.820. The van der Waals surface area contributed by atoms with Crippen LogP contribution in [0.5, 0.6) is 0 Å². The average Bonchev–Trinajstić information content (AvgIpc) is 2.67. The fourth-order valence-electron chi connectivity index (χ4n) is 3.85. The Balaban J connectivity index is 1.97. The molecule has 108 valence electrons. The van der Waals surface area contributed by atoms with Crippen LogP contribution in [-0.4, -0.2) is 44.0 Å². The van der Waals surface area contributed by atoms with Gasteiger partial charge in [0.2, 0.25) is 6.04 Å². The van der Waals surface area contributed by atoms with Crippen molar-refractivity contribution in [2.75, 3.05) is 0 Å². The minimum absolute atomic E-state index is 0.113. The van der Waals surface area contributed by atoms with Gasteiger partial charge in [-0.1, -0.05) is 18.6 Å². The molecule has 1 fully saturated rings. The van der Waals surface area contributed by atoms with Crippen molar-refractivity contribution in [3.05, 3.63) is 40.6 Å². The van der Waals surface area contributed by atoms with Gasteiger partial charge in [0.15, 0.2) is 0 Å². The number of carbonyl (C=O) groups is 1. The second-order valence-corrected chi connectivity index (χ2v) is 6.01. The fraction of sp³-hybridized carbons (Fsp3) is 0.438.